The molecule has 3 rings (SSSR count). The van der Waals surface area contributed by atoms with Crippen LogP contribution in [0.15, 0.2) is 45.1 Å². The van der Waals surface area contributed by atoms with E-state index in [2.05, 4.69) is 20.5 Å². The zero-order chi connectivity index (χ0) is 14.7. The first kappa shape index (κ1) is 14.2. The number of hydrogen-bond donors (Lipinski definition) is 2. The van der Waals surface area contributed by atoms with Crippen LogP contribution in [0.5, 0.6) is 5.75 Å². The molecule has 0 amide bonds. The zero-order valence-corrected chi connectivity index (χ0v) is 13.4. The number of aromatic amines is 1. The average Bonchev–Trinajstić information content (AvgIpc) is 3.10. The quantitative estimate of drug-likeness (QED) is 0.720. The fourth-order valence-electron chi connectivity index (χ4n) is 1.66. The normalized spacial score (nSPS) is 10.6. The lowest BCUT2D eigenvalue weighted by molar-refractivity contribution is 0.417. The number of halogens is 1. The maximum Gasteiger partial charge on any atom is 0.224 e. The van der Waals surface area contributed by atoms with Crippen LogP contribution in [0.1, 0.15) is 0 Å². The predicted molar refractivity (Wildman–Crippen MR) is 86.1 cm³/mol. The minimum atomic E-state index is 0.551. The van der Waals surface area contributed by atoms with Crippen molar-refractivity contribution in [1.82, 2.24) is 15.2 Å². The third-order valence-electron chi connectivity index (χ3n) is 2.59. The van der Waals surface area contributed by atoms with Gasteiger partial charge in [0.15, 0.2) is 0 Å². The van der Waals surface area contributed by atoms with Gasteiger partial charge in [-0.25, -0.2) is 5.10 Å². The molecule has 0 aliphatic rings. The van der Waals surface area contributed by atoms with Gasteiger partial charge < -0.3 is 10.1 Å². The number of ether oxygens (including phenoxy) is 1. The number of anilines is 2. The molecule has 0 unspecified atom stereocenters. The van der Waals surface area contributed by atoms with Crippen LogP contribution in [0.4, 0.5) is 11.6 Å². The number of nitrogens with one attached hydrogen (secondary N) is 2. The van der Waals surface area contributed by atoms with Crippen LogP contribution in [0.25, 0.3) is 0 Å². The Kier molecular flexibility index (Phi) is 4.33. The van der Waals surface area contributed by atoms with Crippen LogP contribution in [0.2, 0.25) is 5.02 Å². The molecule has 0 bridgehead atoms. The molecular formula is C13H11ClN4OS2. The zero-order valence-electron chi connectivity index (χ0n) is 11.0. The van der Waals surface area contributed by atoms with Crippen molar-refractivity contribution in [3.63, 3.8) is 0 Å². The number of thiophene rings is 1. The molecular weight excluding hydrogens is 328 g/mol. The van der Waals surface area contributed by atoms with Crippen molar-refractivity contribution in [1.29, 1.82) is 0 Å². The minimum absolute atomic E-state index is 0.551. The summed E-state index contributed by atoms with van der Waals surface area (Å²) >= 11 is 9.04. The third-order valence-corrected chi connectivity index (χ3v) is 5.15. The average molecular weight is 339 g/mol. The molecule has 21 heavy (non-hydrogen) atoms. The number of rotatable bonds is 5. The van der Waals surface area contributed by atoms with Gasteiger partial charge in [-0.05, 0) is 35.3 Å². The Balaban J connectivity index is 1.75. The molecule has 0 saturated carbocycles. The molecule has 0 aliphatic heterocycles. The molecule has 2 N–H and O–H groups in total. The Morgan fingerprint density at radius 3 is 2.95 bits per heavy atom. The van der Waals surface area contributed by atoms with Crippen molar-refractivity contribution in [2.45, 2.75) is 9.37 Å². The highest BCUT2D eigenvalue weighted by atomic mass is 35.5. The topological polar surface area (TPSA) is 62.8 Å². The largest absolute Gasteiger partial charge is 0.495 e. The van der Waals surface area contributed by atoms with E-state index in [0.717, 1.165) is 15.6 Å². The molecule has 3 aromatic rings. The van der Waals surface area contributed by atoms with Crippen LogP contribution in [0.3, 0.4) is 0 Å². The first-order chi connectivity index (χ1) is 10.3. The summed E-state index contributed by atoms with van der Waals surface area (Å²) in [7, 11) is 1.63. The van der Waals surface area contributed by atoms with Gasteiger partial charge >= 0.3 is 0 Å². The van der Waals surface area contributed by atoms with Crippen molar-refractivity contribution in [2.24, 2.45) is 0 Å². The van der Waals surface area contributed by atoms with Crippen LogP contribution in [0, 0.1) is 0 Å². The number of hydrogen-bond acceptors (Lipinski definition) is 6. The Hall–Kier alpha value is -1.70. The van der Waals surface area contributed by atoms with Crippen LogP contribution in [-0.2, 0) is 0 Å². The minimum Gasteiger partial charge on any atom is -0.495 e. The number of aromatic nitrogens is 3. The van der Waals surface area contributed by atoms with Gasteiger partial charge in [0.05, 0.1) is 22.0 Å². The molecule has 0 spiro atoms. The summed E-state index contributed by atoms with van der Waals surface area (Å²) in [5.41, 5.74) is 0.821. The van der Waals surface area contributed by atoms with E-state index in [1.807, 2.05) is 35.7 Å². The summed E-state index contributed by atoms with van der Waals surface area (Å²) in [6.07, 6.45) is 0. The summed E-state index contributed by atoms with van der Waals surface area (Å²) in [5, 5.41) is 13.4. The monoisotopic (exact) mass is 338 g/mol. The van der Waals surface area contributed by atoms with Gasteiger partial charge in [0.2, 0.25) is 11.1 Å². The fraction of sp³-hybridized carbons (Fsp3) is 0.0769. The van der Waals surface area contributed by atoms with Gasteiger partial charge in [0, 0.05) is 0 Å². The van der Waals surface area contributed by atoms with E-state index in [1.165, 1.54) is 11.8 Å². The highest BCUT2D eigenvalue weighted by Gasteiger charge is 2.10. The van der Waals surface area contributed by atoms with E-state index in [0.29, 0.717) is 16.1 Å². The highest BCUT2D eigenvalue weighted by molar-refractivity contribution is 8.01. The molecule has 8 heteroatoms. The maximum absolute atomic E-state index is 6.06. The third kappa shape index (κ3) is 3.31. The maximum atomic E-state index is 6.06. The summed E-state index contributed by atoms with van der Waals surface area (Å²) in [6, 6.07) is 9.46. The first-order valence-electron chi connectivity index (χ1n) is 5.99. The SMILES string of the molecule is COc1ccccc1Nc1nc(Sc2sccc2Cl)n[nH]1. The van der Waals surface area contributed by atoms with Gasteiger partial charge in [-0.1, -0.05) is 23.7 Å². The van der Waals surface area contributed by atoms with Gasteiger partial charge in [0.25, 0.3) is 0 Å². The summed E-state index contributed by atoms with van der Waals surface area (Å²) in [4.78, 5) is 4.37. The van der Waals surface area contributed by atoms with Crippen molar-refractivity contribution in [2.75, 3.05) is 12.4 Å². The molecule has 0 aliphatic carbocycles. The van der Waals surface area contributed by atoms with Crippen molar-refractivity contribution >= 4 is 46.3 Å². The molecule has 0 radical (unpaired) electrons. The standard InChI is InChI=1S/C13H11ClN4OS2/c1-19-10-5-3-2-4-9(10)15-12-16-13(18-17-12)21-11-8(14)6-7-20-11/h2-7H,1H3,(H2,15,16,17,18). The molecule has 0 saturated heterocycles. The van der Waals surface area contributed by atoms with Crippen molar-refractivity contribution in [3.05, 3.63) is 40.7 Å². The van der Waals surface area contributed by atoms with Crippen LogP contribution in [-0.4, -0.2) is 22.3 Å². The smallest absolute Gasteiger partial charge is 0.224 e. The molecule has 0 fully saturated rings. The van der Waals surface area contributed by atoms with Crippen molar-refractivity contribution in [3.8, 4) is 5.75 Å². The molecule has 0 atom stereocenters. The second-order valence-electron chi connectivity index (χ2n) is 3.95. The molecule has 5 nitrogen and oxygen atoms in total. The number of benzene rings is 1. The first-order valence-corrected chi connectivity index (χ1v) is 8.07. The Bertz CT molecular complexity index is 743. The molecule has 2 aromatic heterocycles. The lowest BCUT2D eigenvalue weighted by Gasteiger charge is -2.07. The highest BCUT2D eigenvalue weighted by Crippen LogP contribution is 2.36. The number of methoxy groups -OCH3 is 1. The summed E-state index contributed by atoms with van der Waals surface area (Å²) in [5.74, 6) is 1.29. The number of para-hydroxylation sites is 2. The van der Waals surface area contributed by atoms with Crippen LogP contribution >= 0.6 is 34.7 Å². The van der Waals surface area contributed by atoms with Crippen molar-refractivity contribution < 1.29 is 4.74 Å². The predicted octanol–water partition coefficient (Wildman–Crippen LogP) is 4.42. The van der Waals surface area contributed by atoms with Crippen LogP contribution < -0.4 is 10.1 Å². The van der Waals surface area contributed by atoms with E-state index in [4.69, 9.17) is 16.3 Å². The summed E-state index contributed by atoms with van der Waals surface area (Å²) < 4.78 is 6.25. The molecule has 108 valence electrons. The number of H-pyrrole nitrogens is 1. The fourth-order valence-corrected chi connectivity index (χ4v) is 3.70. The van der Waals surface area contributed by atoms with E-state index < -0.39 is 0 Å². The lowest BCUT2D eigenvalue weighted by atomic mass is 10.3. The van der Waals surface area contributed by atoms with Gasteiger partial charge in [-0.2, -0.15) is 4.98 Å². The Morgan fingerprint density at radius 2 is 2.19 bits per heavy atom. The lowest BCUT2D eigenvalue weighted by Crippen LogP contribution is -1.95. The van der Waals surface area contributed by atoms with E-state index in [9.17, 15) is 0 Å². The second kappa shape index (κ2) is 6.38. The van der Waals surface area contributed by atoms with E-state index in [-0.39, 0.29) is 0 Å². The van der Waals surface area contributed by atoms with E-state index in [1.54, 1.807) is 18.4 Å². The Labute approximate surface area is 134 Å². The molecule has 2 heterocycles. The Morgan fingerprint density at radius 1 is 1.33 bits per heavy atom. The number of nitrogens with zero attached hydrogens (tertiary/aromatic N) is 2. The summed E-state index contributed by atoms with van der Waals surface area (Å²) in [6.45, 7) is 0. The van der Waals surface area contributed by atoms with Gasteiger partial charge in [0.1, 0.15) is 5.75 Å². The molecule has 1 aromatic carbocycles. The van der Waals surface area contributed by atoms with Gasteiger partial charge in [-0.15, -0.1) is 16.4 Å². The van der Waals surface area contributed by atoms with E-state index >= 15 is 0 Å². The van der Waals surface area contributed by atoms with Gasteiger partial charge in [-0.3, -0.25) is 0 Å². The second-order valence-corrected chi connectivity index (χ2v) is 6.51.